The van der Waals surface area contributed by atoms with Gasteiger partial charge in [0.15, 0.2) is 0 Å². The summed E-state index contributed by atoms with van der Waals surface area (Å²) in [4.78, 5) is 0. The Morgan fingerprint density at radius 3 is 2.73 bits per heavy atom. The van der Waals surface area contributed by atoms with Gasteiger partial charge in [-0.25, -0.2) is 8.78 Å². The summed E-state index contributed by atoms with van der Waals surface area (Å²) >= 11 is 5.65. The predicted octanol–water partition coefficient (Wildman–Crippen LogP) is 2.65. The number of ether oxygens (including phenoxy) is 1. The second-order valence-electron chi connectivity index (χ2n) is 6.67. The molecule has 1 saturated carbocycles. The molecular weight excluding hydrogens is 310 g/mol. The topological polar surface area (TPSA) is 33.3 Å². The van der Waals surface area contributed by atoms with Crippen LogP contribution in [0.2, 0.25) is 5.02 Å². The molecule has 2 unspecified atom stereocenters. The van der Waals surface area contributed by atoms with E-state index in [9.17, 15) is 8.78 Å². The third-order valence-corrected chi connectivity index (χ3v) is 5.34. The summed E-state index contributed by atoms with van der Waals surface area (Å²) in [5, 5.41) is 6.80. The smallest absolute Gasteiger partial charge is 0.142 e. The van der Waals surface area contributed by atoms with Crippen LogP contribution in [0.3, 0.4) is 0 Å². The first-order valence-corrected chi connectivity index (χ1v) is 8.21. The summed E-state index contributed by atoms with van der Waals surface area (Å²) in [7, 11) is 0. The van der Waals surface area contributed by atoms with Gasteiger partial charge in [0.25, 0.3) is 0 Å². The van der Waals surface area contributed by atoms with Crippen molar-refractivity contribution in [1.29, 1.82) is 0 Å². The summed E-state index contributed by atoms with van der Waals surface area (Å²) in [6.07, 6.45) is 2.45. The molecular formula is C16H19ClF2N2O. The maximum atomic E-state index is 14.2. The van der Waals surface area contributed by atoms with E-state index in [4.69, 9.17) is 16.3 Å². The highest BCUT2D eigenvalue weighted by Gasteiger charge is 2.45. The van der Waals surface area contributed by atoms with E-state index in [1.807, 2.05) is 0 Å². The monoisotopic (exact) mass is 328 g/mol. The van der Waals surface area contributed by atoms with E-state index in [0.717, 1.165) is 18.5 Å². The molecule has 3 nitrogen and oxygen atoms in total. The van der Waals surface area contributed by atoms with Crippen molar-refractivity contribution in [2.24, 2.45) is 11.8 Å². The number of rotatable bonds is 5. The molecule has 3 fully saturated rings. The average Bonchev–Trinajstić information content (AvgIpc) is 3.04. The van der Waals surface area contributed by atoms with E-state index >= 15 is 0 Å². The van der Waals surface area contributed by atoms with Crippen LogP contribution in [-0.2, 0) is 4.74 Å². The van der Waals surface area contributed by atoms with Gasteiger partial charge in [-0.1, -0.05) is 11.6 Å². The summed E-state index contributed by atoms with van der Waals surface area (Å²) < 4.78 is 33.2. The molecule has 120 valence electrons. The van der Waals surface area contributed by atoms with Crippen LogP contribution in [0.25, 0.3) is 0 Å². The molecule has 0 aromatic heterocycles. The van der Waals surface area contributed by atoms with Crippen molar-refractivity contribution in [3.63, 3.8) is 0 Å². The fourth-order valence-electron chi connectivity index (χ4n) is 3.61. The average molecular weight is 329 g/mol. The fraction of sp³-hybridized carbons (Fsp3) is 0.625. The van der Waals surface area contributed by atoms with Crippen molar-refractivity contribution in [2.45, 2.75) is 31.0 Å². The van der Waals surface area contributed by atoms with Crippen molar-refractivity contribution in [2.75, 3.05) is 19.8 Å². The molecule has 2 aliphatic heterocycles. The largest absolute Gasteiger partial charge is 0.381 e. The minimum Gasteiger partial charge on any atom is -0.381 e. The second kappa shape index (κ2) is 5.71. The molecule has 0 radical (unpaired) electrons. The molecule has 6 heteroatoms. The minimum absolute atomic E-state index is 0.172. The van der Waals surface area contributed by atoms with Crippen LogP contribution < -0.4 is 10.6 Å². The van der Waals surface area contributed by atoms with Crippen molar-refractivity contribution in [3.05, 3.63) is 34.4 Å². The first kappa shape index (κ1) is 14.8. The van der Waals surface area contributed by atoms with Crippen LogP contribution in [0.15, 0.2) is 12.1 Å². The Kier molecular flexibility index (Phi) is 3.85. The number of piperidine rings is 1. The number of nitrogens with one attached hydrogen (secondary N) is 2. The van der Waals surface area contributed by atoms with Gasteiger partial charge in [-0.05, 0) is 30.9 Å². The molecule has 0 amide bonds. The van der Waals surface area contributed by atoms with Crippen LogP contribution in [0.4, 0.5) is 8.78 Å². The van der Waals surface area contributed by atoms with Gasteiger partial charge in [0, 0.05) is 36.2 Å². The molecule has 4 atom stereocenters. The van der Waals surface area contributed by atoms with Crippen LogP contribution in [-0.4, -0.2) is 31.8 Å². The van der Waals surface area contributed by atoms with Gasteiger partial charge < -0.3 is 15.4 Å². The highest BCUT2D eigenvalue weighted by molar-refractivity contribution is 6.30. The van der Waals surface area contributed by atoms with Crippen molar-refractivity contribution in [1.82, 2.24) is 10.6 Å². The lowest BCUT2D eigenvalue weighted by Gasteiger charge is -2.35. The van der Waals surface area contributed by atoms with Crippen LogP contribution in [0.5, 0.6) is 0 Å². The summed E-state index contributed by atoms with van der Waals surface area (Å²) in [5.41, 5.74) is 0.346. The van der Waals surface area contributed by atoms with E-state index in [2.05, 4.69) is 10.6 Å². The summed E-state index contributed by atoms with van der Waals surface area (Å²) in [6.45, 7) is 1.91. The number of fused-ring (bicyclic) bond motifs is 1. The van der Waals surface area contributed by atoms with Crippen molar-refractivity contribution in [3.8, 4) is 0 Å². The SMILES string of the molecule is Fc1cc([C@H](NCC2CC3C[C@H]3N2)C2COC2)c(F)cc1Cl. The molecule has 3 aliphatic rings. The first-order valence-electron chi connectivity index (χ1n) is 7.83. The van der Waals surface area contributed by atoms with E-state index < -0.39 is 11.6 Å². The Labute approximate surface area is 133 Å². The Hall–Kier alpha value is -0.750. The molecule has 22 heavy (non-hydrogen) atoms. The van der Waals surface area contributed by atoms with Gasteiger partial charge in [-0.2, -0.15) is 0 Å². The maximum absolute atomic E-state index is 14.2. The molecule has 1 aromatic rings. The number of hydrogen-bond acceptors (Lipinski definition) is 3. The molecule has 1 aromatic carbocycles. The lowest BCUT2D eigenvalue weighted by molar-refractivity contribution is -0.0511. The van der Waals surface area contributed by atoms with Gasteiger partial charge in [0.1, 0.15) is 11.6 Å². The van der Waals surface area contributed by atoms with E-state index in [1.54, 1.807) is 0 Å². The fourth-order valence-corrected chi connectivity index (χ4v) is 3.76. The van der Waals surface area contributed by atoms with Crippen molar-refractivity contribution >= 4 is 11.6 Å². The Balaban J connectivity index is 1.49. The standard InChI is InChI=1S/C16H19ClF2N2O/c17-12-4-13(18)11(3-14(12)19)16(9-6-22-7-9)20-5-10-1-8-2-15(8)21-10/h3-4,8-10,15-16,20-21H,1-2,5-7H2/t8?,10?,15-,16-/m1/s1. The molecule has 0 spiro atoms. The number of halogens is 3. The third kappa shape index (κ3) is 2.75. The quantitative estimate of drug-likeness (QED) is 0.815. The Morgan fingerprint density at radius 1 is 1.27 bits per heavy atom. The maximum Gasteiger partial charge on any atom is 0.142 e. The molecule has 1 aliphatic carbocycles. The van der Waals surface area contributed by atoms with Gasteiger partial charge in [0.2, 0.25) is 0 Å². The molecule has 2 heterocycles. The van der Waals surface area contributed by atoms with E-state index in [1.165, 1.54) is 18.9 Å². The minimum atomic E-state index is -0.578. The number of hydrogen-bond donors (Lipinski definition) is 2. The molecule has 0 bridgehead atoms. The highest BCUT2D eigenvalue weighted by atomic mass is 35.5. The second-order valence-corrected chi connectivity index (χ2v) is 7.08. The molecule has 4 rings (SSSR count). The Bertz CT molecular complexity index is 572. The first-order chi connectivity index (χ1) is 10.6. The van der Waals surface area contributed by atoms with Crippen molar-refractivity contribution < 1.29 is 13.5 Å². The predicted molar refractivity (Wildman–Crippen MR) is 79.9 cm³/mol. The van der Waals surface area contributed by atoms with Gasteiger partial charge in [-0.15, -0.1) is 0 Å². The van der Waals surface area contributed by atoms with Crippen LogP contribution in [0, 0.1) is 23.5 Å². The Morgan fingerprint density at radius 2 is 2.09 bits per heavy atom. The zero-order valence-corrected chi connectivity index (χ0v) is 12.9. The van der Waals surface area contributed by atoms with Crippen LogP contribution >= 0.6 is 11.6 Å². The van der Waals surface area contributed by atoms with E-state index in [0.29, 0.717) is 30.9 Å². The molecule has 2 N–H and O–H groups in total. The highest BCUT2D eigenvalue weighted by Crippen LogP contribution is 2.40. The zero-order valence-electron chi connectivity index (χ0n) is 12.1. The third-order valence-electron chi connectivity index (χ3n) is 5.05. The van der Waals surface area contributed by atoms with Gasteiger partial charge in [-0.3, -0.25) is 0 Å². The summed E-state index contributed by atoms with van der Waals surface area (Å²) in [6, 6.07) is 3.14. The summed E-state index contributed by atoms with van der Waals surface area (Å²) in [5.74, 6) is -0.0450. The van der Waals surface area contributed by atoms with Gasteiger partial charge >= 0.3 is 0 Å². The lowest BCUT2D eigenvalue weighted by atomic mass is 9.90. The van der Waals surface area contributed by atoms with E-state index in [-0.39, 0.29) is 17.0 Å². The van der Waals surface area contributed by atoms with Crippen LogP contribution in [0.1, 0.15) is 24.4 Å². The normalized spacial score (nSPS) is 31.7. The zero-order chi connectivity index (χ0) is 15.3. The number of benzene rings is 1. The van der Waals surface area contributed by atoms with Gasteiger partial charge in [0.05, 0.1) is 18.2 Å². The lowest BCUT2D eigenvalue weighted by Crippen LogP contribution is -2.45. The molecule has 2 saturated heterocycles.